The van der Waals surface area contributed by atoms with Crippen LogP contribution in [0.3, 0.4) is 0 Å². The Bertz CT molecular complexity index is 528. The van der Waals surface area contributed by atoms with Gasteiger partial charge in [-0.1, -0.05) is 13.0 Å². The van der Waals surface area contributed by atoms with Gasteiger partial charge in [-0.15, -0.1) is 0 Å². The van der Waals surface area contributed by atoms with Gasteiger partial charge in [0.05, 0.1) is 6.04 Å². The fourth-order valence-electron chi connectivity index (χ4n) is 3.48. The number of hydrogen-bond donors (Lipinski definition) is 1. The molecule has 0 amide bonds. The molecule has 1 aromatic carbocycles. The van der Waals surface area contributed by atoms with E-state index in [0.717, 1.165) is 31.4 Å². The van der Waals surface area contributed by atoms with E-state index in [1.54, 1.807) is 12.1 Å². The molecule has 1 aliphatic heterocycles. The molecule has 3 unspecified atom stereocenters. The second kappa shape index (κ2) is 5.09. The summed E-state index contributed by atoms with van der Waals surface area (Å²) in [5.41, 5.74) is 2.16. The average molecular weight is 275 g/mol. The number of benzene rings is 1. The van der Waals surface area contributed by atoms with Gasteiger partial charge >= 0.3 is 5.97 Å². The van der Waals surface area contributed by atoms with Crippen molar-refractivity contribution < 1.29 is 14.6 Å². The third kappa shape index (κ3) is 2.08. The zero-order chi connectivity index (χ0) is 14.3. The number of rotatable bonds is 2. The van der Waals surface area contributed by atoms with Crippen LogP contribution < -0.4 is 0 Å². The maximum Gasteiger partial charge on any atom is 0.323 e. The molecule has 1 fully saturated rings. The molecule has 20 heavy (non-hydrogen) atoms. The molecule has 0 saturated carbocycles. The van der Waals surface area contributed by atoms with Gasteiger partial charge in [0, 0.05) is 5.56 Å². The zero-order valence-corrected chi connectivity index (χ0v) is 12.0. The molecule has 1 aliphatic carbocycles. The SMILES string of the molecule is CCCN1C(C)C(=O)OC2c3cc(O)ccc3CCC21. The molecule has 108 valence electrons. The first kappa shape index (κ1) is 13.4. The van der Waals surface area contributed by atoms with E-state index in [2.05, 4.69) is 11.8 Å². The minimum Gasteiger partial charge on any atom is -0.508 e. The lowest BCUT2D eigenvalue weighted by Gasteiger charge is -2.46. The summed E-state index contributed by atoms with van der Waals surface area (Å²) in [7, 11) is 0. The van der Waals surface area contributed by atoms with Gasteiger partial charge < -0.3 is 9.84 Å². The number of carbonyl (C=O) groups excluding carboxylic acids is 1. The van der Waals surface area contributed by atoms with E-state index in [-0.39, 0.29) is 29.9 Å². The first-order valence-electron chi connectivity index (χ1n) is 7.40. The minimum absolute atomic E-state index is 0.157. The molecule has 1 aromatic rings. The van der Waals surface area contributed by atoms with Crippen molar-refractivity contribution >= 4 is 5.97 Å². The first-order chi connectivity index (χ1) is 9.61. The molecule has 0 aromatic heterocycles. The summed E-state index contributed by atoms with van der Waals surface area (Å²) in [6, 6.07) is 5.46. The topological polar surface area (TPSA) is 49.8 Å². The van der Waals surface area contributed by atoms with Gasteiger partial charge in [0.1, 0.15) is 17.9 Å². The van der Waals surface area contributed by atoms with E-state index < -0.39 is 0 Å². The van der Waals surface area contributed by atoms with Crippen molar-refractivity contribution in [3.05, 3.63) is 29.3 Å². The summed E-state index contributed by atoms with van der Waals surface area (Å²) in [6.45, 7) is 4.96. The van der Waals surface area contributed by atoms with Crippen LogP contribution >= 0.6 is 0 Å². The van der Waals surface area contributed by atoms with Gasteiger partial charge in [-0.3, -0.25) is 9.69 Å². The number of ether oxygens (including phenoxy) is 1. The maximum absolute atomic E-state index is 12.1. The van der Waals surface area contributed by atoms with Crippen LogP contribution in [0.15, 0.2) is 18.2 Å². The van der Waals surface area contributed by atoms with E-state index in [0.29, 0.717) is 0 Å². The molecule has 3 atom stereocenters. The fourth-order valence-corrected chi connectivity index (χ4v) is 3.48. The highest BCUT2D eigenvalue weighted by molar-refractivity contribution is 5.76. The molecule has 4 heteroatoms. The van der Waals surface area contributed by atoms with Crippen LogP contribution in [0.1, 0.15) is 43.9 Å². The third-order valence-electron chi connectivity index (χ3n) is 4.48. The highest BCUT2D eigenvalue weighted by Crippen LogP contribution is 2.40. The number of aromatic hydroxyl groups is 1. The van der Waals surface area contributed by atoms with E-state index in [1.165, 1.54) is 5.56 Å². The monoisotopic (exact) mass is 275 g/mol. The quantitative estimate of drug-likeness (QED) is 0.842. The number of fused-ring (bicyclic) bond motifs is 3. The number of carbonyl (C=O) groups is 1. The standard InChI is InChI=1S/C16H21NO3/c1-3-8-17-10(2)16(19)20-15-13-9-12(18)6-4-11(13)5-7-14(15)17/h4,6,9-10,14-15,18H,3,5,7-8H2,1-2H3. The molecular formula is C16H21NO3. The molecule has 1 heterocycles. The van der Waals surface area contributed by atoms with Gasteiger partial charge in [0.15, 0.2) is 0 Å². The van der Waals surface area contributed by atoms with E-state index in [1.807, 2.05) is 13.0 Å². The van der Waals surface area contributed by atoms with Gasteiger partial charge in [-0.2, -0.15) is 0 Å². The summed E-state index contributed by atoms with van der Waals surface area (Å²) in [5, 5.41) is 9.71. The molecule has 0 radical (unpaired) electrons. The van der Waals surface area contributed by atoms with Crippen LogP contribution in [0.4, 0.5) is 0 Å². The Labute approximate surface area is 119 Å². The number of nitrogens with zero attached hydrogens (tertiary/aromatic N) is 1. The highest BCUT2D eigenvalue weighted by Gasteiger charge is 2.44. The van der Waals surface area contributed by atoms with Crippen LogP contribution in [-0.2, 0) is 16.0 Å². The fraction of sp³-hybridized carbons (Fsp3) is 0.562. The number of phenols is 1. The largest absolute Gasteiger partial charge is 0.508 e. The molecule has 1 saturated heterocycles. The third-order valence-corrected chi connectivity index (χ3v) is 4.48. The molecule has 0 spiro atoms. The Morgan fingerprint density at radius 2 is 2.25 bits per heavy atom. The number of morpholine rings is 1. The molecule has 4 nitrogen and oxygen atoms in total. The predicted molar refractivity (Wildman–Crippen MR) is 75.5 cm³/mol. The lowest BCUT2D eigenvalue weighted by Crippen LogP contribution is -2.56. The lowest BCUT2D eigenvalue weighted by atomic mass is 9.83. The van der Waals surface area contributed by atoms with Gasteiger partial charge in [-0.05, 0) is 50.4 Å². The van der Waals surface area contributed by atoms with E-state index in [9.17, 15) is 9.90 Å². The van der Waals surface area contributed by atoms with Crippen LogP contribution in [0.2, 0.25) is 0 Å². The number of hydrogen-bond acceptors (Lipinski definition) is 4. The number of esters is 1. The van der Waals surface area contributed by atoms with Crippen molar-refractivity contribution in [2.45, 2.75) is 51.3 Å². The molecule has 3 rings (SSSR count). The Morgan fingerprint density at radius 3 is 3.00 bits per heavy atom. The predicted octanol–water partition coefficient (Wildman–Crippen LogP) is 2.41. The number of phenolic OH excluding ortho intramolecular Hbond substituents is 1. The Balaban J connectivity index is 1.98. The van der Waals surface area contributed by atoms with Crippen molar-refractivity contribution in [2.75, 3.05) is 6.54 Å². The summed E-state index contributed by atoms with van der Waals surface area (Å²) < 4.78 is 5.67. The summed E-state index contributed by atoms with van der Waals surface area (Å²) in [5.74, 6) is 0.0806. The maximum atomic E-state index is 12.1. The second-order valence-corrected chi connectivity index (χ2v) is 5.76. The second-order valence-electron chi connectivity index (χ2n) is 5.76. The molecule has 2 aliphatic rings. The number of aryl methyl sites for hydroxylation is 1. The highest BCUT2D eigenvalue weighted by atomic mass is 16.6. The van der Waals surface area contributed by atoms with Crippen molar-refractivity contribution in [3.8, 4) is 5.75 Å². The first-order valence-corrected chi connectivity index (χ1v) is 7.40. The van der Waals surface area contributed by atoms with E-state index >= 15 is 0 Å². The van der Waals surface area contributed by atoms with Gasteiger partial charge in [0.2, 0.25) is 0 Å². The van der Waals surface area contributed by atoms with Crippen LogP contribution in [0.25, 0.3) is 0 Å². The Kier molecular flexibility index (Phi) is 3.42. The normalized spacial score (nSPS) is 29.5. The van der Waals surface area contributed by atoms with Gasteiger partial charge in [0.25, 0.3) is 0 Å². The zero-order valence-electron chi connectivity index (χ0n) is 12.0. The molecule has 0 bridgehead atoms. The van der Waals surface area contributed by atoms with Crippen LogP contribution in [0.5, 0.6) is 5.75 Å². The Morgan fingerprint density at radius 1 is 1.45 bits per heavy atom. The summed E-state index contributed by atoms with van der Waals surface area (Å²) in [4.78, 5) is 14.4. The van der Waals surface area contributed by atoms with Crippen molar-refractivity contribution in [1.82, 2.24) is 4.90 Å². The van der Waals surface area contributed by atoms with Crippen molar-refractivity contribution in [3.63, 3.8) is 0 Å². The summed E-state index contributed by atoms with van der Waals surface area (Å²) >= 11 is 0. The molecule has 1 N–H and O–H groups in total. The summed E-state index contributed by atoms with van der Waals surface area (Å²) in [6.07, 6.45) is 2.76. The van der Waals surface area contributed by atoms with Crippen LogP contribution in [-0.4, -0.2) is 34.6 Å². The van der Waals surface area contributed by atoms with Crippen molar-refractivity contribution in [1.29, 1.82) is 0 Å². The lowest BCUT2D eigenvalue weighted by molar-refractivity contribution is -0.175. The van der Waals surface area contributed by atoms with Gasteiger partial charge in [-0.25, -0.2) is 0 Å². The van der Waals surface area contributed by atoms with Crippen LogP contribution in [0, 0.1) is 0 Å². The van der Waals surface area contributed by atoms with E-state index in [4.69, 9.17) is 4.74 Å². The minimum atomic E-state index is -0.235. The Hall–Kier alpha value is -1.55. The average Bonchev–Trinajstić information content (AvgIpc) is 2.44. The van der Waals surface area contributed by atoms with Crippen molar-refractivity contribution in [2.24, 2.45) is 0 Å². The molecular weight excluding hydrogens is 254 g/mol. The smallest absolute Gasteiger partial charge is 0.323 e.